The van der Waals surface area contributed by atoms with Crippen LogP contribution in [0, 0.1) is 11.8 Å². The summed E-state index contributed by atoms with van der Waals surface area (Å²) < 4.78 is 0. The molecule has 54 valence electrons. The quantitative estimate of drug-likeness (QED) is 0.326. The number of halogens is 1. The van der Waals surface area contributed by atoms with Gasteiger partial charge in [0.05, 0.1) is 0 Å². The van der Waals surface area contributed by atoms with E-state index in [9.17, 15) is 0 Å². The van der Waals surface area contributed by atoms with Gasteiger partial charge in [-0.3, -0.25) is 0 Å². The van der Waals surface area contributed by atoms with Gasteiger partial charge in [-0.1, -0.05) is 37.0 Å². The fourth-order valence-electron chi connectivity index (χ4n) is 0.395. The molecule has 0 bridgehead atoms. The molecule has 0 aliphatic rings. The fraction of sp³-hybridized carbons (Fsp3) is 0.333. The summed E-state index contributed by atoms with van der Waals surface area (Å²) in [5, 5.41) is 0. The average Bonchev–Trinajstić information content (AvgIpc) is 1.97. The largest absolute Gasteiger partial charge is 0.122 e. The van der Waals surface area contributed by atoms with E-state index in [1.54, 1.807) is 0 Å². The highest BCUT2D eigenvalue weighted by molar-refractivity contribution is 6.18. The molecule has 0 amide bonds. The van der Waals surface area contributed by atoms with Crippen molar-refractivity contribution in [2.24, 2.45) is 0 Å². The molecule has 0 aromatic heterocycles. The Morgan fingerprint density at radius 3 is 2.80 bits per heavy atom. The van der Waals surface area contributed by atoms with Crippen molar-refractivity contribution in [2.45, 2.75) is 13.3 Å². The zero-order chi connectivity index (χ0) is 7.66. The van der Waals surface area contributed by atoms with Gasteiger partial charge in [0.1, 0.15) is 0 Å². The Balaban J connectivity index is 3.46. The first-order valence-electron chi connectivity index (χ1n) is 3.27. The van der Waals surface area contributed by atoms with Crippen molar-refractivity contribution >= 4 is 11.6 Å². The Kier molecular flexibility index (Phi) is 7.77. The van der Waals surface area contributed by atoms with Crippen LogP contribution < -0.4 is 0 Å². The zero-order valence-corrected chi connectivity index (χ0v) is 6.86. The molecule has 0 spiro atoms. The first kappa shape index (κ1) is 9.33. The van der Waals surface area contributed by atoms with Gasteiger partial charge in [-0.2, -0.15) is 0 Å². The summed E-state index contributed by atoms with van der Waals surface area (Å²) in [5.41, 5.74) is 0. The number of allylic oxidation sites excluding steroid dienone is 4. The fourth-order valence-corrected chi connectivity index (χ4v) is 0.498. The third-order valence-electron chi connectivity index (χ3n) is 0.795. The first-order chi connectivity index (χ1) is 4.91. The number of hydrogen-bond donors (Lipinski definition) is 0. The number of hydrogen-bond acceptors (Lipinski definition) is 0. The van der Waals surface area contributed by atoms with Gasteiger partial charge in [-0.15, -0.1) is 11.6 Å². The van der Waals surface area contributed by atoms with Crippen LogP contribution in [0.3, 0.4) is 0 Å². The van der Waals surface area contributed by atoms with E-state index in [0.29, 0.717) is 5.88 Å². The predicted octanol–water partition coefficient (Wildman–Crippen LogP) is 2.75. The molecule has 0 N–H and O–H groups in total. The normalized spacial score (nSPS) is 10.2. The second-order valence-electron chi connectivity index (χ2n) is 1.62. The number of rotatable bonds is 2. The molecule has 10 heavy (non-hydrogen) atoms. The van der Waals surface area contributed by atoms with Crippen molar-refractivity contribution < 1.29 is 0 Å². The monoisotopic (exact) mass is 154 g/mol. The first-order valence-corrected chi connectivity index (χ1v) is 3.81. The summed E-state index contributed by atoms with van der Waals surface area (Å²) in [6, 6.07) is 0. The van der Waals surface area contributed by atoms with E-state index in [2.05, 4.69) is 11.8 Å². The summed E-state index contributed by atoms with van der Waals surface area (Å²) >= 11 is 5.38. The maximum absolute atomic E-state index is 5.38. The third kappa shape index (κ3) is 7.33. The predicted molar refractivity (Wildman–Crippen MR) is 47.1 cm³/mol. The maximum Gasteiger partial charge on any atom is 0.0407 e. The van der Waals surface area contributed by atoms with Crippen LogP contribution in [-0.2, 0) is 0 Å². The van der Waals surface area contributed by atoms with E-state index < -0.39 is 0 Å². The van der Waals surface area contributed by atoms with Gasteiger partial charge in [0, 0.05) is 12.3 Å². The molecule has 1 heteroatoms. The minimum absolute atomic E-state index is 0.561. The second-order valence-corrected chi connectivity index (χ2v) is 1.92. The van der Waals surface area contributed by atoms with Gasteiger partial charge < -0.3 is 0 Å². The smallest absolute Gasteiger partial charge is 0.0407 e. The minimum Gasteiger partial charge on any atom is -0.122 e. The molecular formula is C9H11Cl. The second kappa shape index (κ2) is 8.33. The Bertz CT molecular complexity index is 167. The highest BCUT2D eigenvalue weighted by Gasteiger charge is 1.62. The SMILES string of the molecule is CCC#C/C=C/C=C/CCl. The lowest BCUT2D eigenvalue weighted by Crippen LogP contribution is -1.56. The van der Waals surface area contributed by atoms with Gasteiger partial charge in [0.2, 0.25) is 0 Å². The molecule has 0 aliphatic heterocycles. The standard InChI is InChI=1S/C9H11Cl/c1-2-3-4-5-6-7-8-9-10/h5-8H,2,9H2,1H3/b6-5+,8-7+. The van der Waals surface area contributed by atoms with Crippen LogP contribution >= 0.6 is 11.6 Å². The third-order valence-corrected chi connectivity index (χ3v) is 0.973. The molecule has 0 rings (SSSR count). The number of alkyl halides is 1. The summed E-state index contributed by atoms with van der Waals surface area (Å²) in [6.45, 7) is 2.02. The Hall–Kier alpha value is -0.670. The van der Waals surface area contributed by atoms with Crippen LogP contribution in [0.15, 0.2) is 24.3 Å². The van der Waals surface area contributed by atoms with Crippen molar-refractivity contribution in [3.05, 3.63) is 24.3 Å². The lowest BCUT2D eigenvalue weighted by atomic mass is 10.4. The lowest BCUT2D eigenvalue weighted by Gasteiger charge is -1.70. The van der Waals surface area contributed by atoms with Crippen LogP contribution in [0.2, 0.25) is 0 Å². The van der Waals surface area contributed by atoms with Crippen molar-refractivity contribution in [3.8, 4) is 11.8 Å². The van der Waals surface area contributed by atoms with Gasteiger partial charge in [0.25, 0.3) is 0 Å². The van der Waals surface area contributed by atoms with E-state index in [4.69, 9.17) is 11.6 Å². The molecule has 0 aromatic rings. The van der Waals surface area contributed by atoms with Crippen molar-refractivity contribution in [1.29, 1.82) is 0 Å². The van der Waals surface area contributed by atoms with E-state index in [0.717, 1.165) is 6.42 Å². The zero-order valence-electron chi connectivity index (χ0n) is 6.10. The van der Waals surface area contributed by atoms with Gasteiger partial charge in [0.15, 0.2) is 0 Å². The molecule has 0 radical (unpaired) electrons. The van der Waals surface area contributed by atoms with Crippen LogP contribution in [-0.4, -0.2) is 5.88 Å². The van der Waals surface area contributed by atoms with Crippen LogP contribution in [0.5, 0.6) is 0 Å². The Morgan fingerprint density at radius 2 is 2.20 bits per heavy atom. The van der Waals surface area contributed by atoms with Crippen molar-refractivity contribution in [3.63, 3.8) is 0 Å². The summed E-state index contributed by atoms with van der Waals surface area (Å²) in [4.78, 5) is 0. The van der Waals surface area contributed by atoms with Crippen LogP contribution in [0.4, 0.5) is 0 Å². The van der Waals surface area contributed by atoms with E-state index in [1.165, 1.54) is 0 Å². The summed E-state index contributed by atoms with van der Waals surface area (Å²) in [5.74, 6) is 6.35. The molecule has 0 saturated heterocycles. The maximum atomic E-state index is 5.38. The molecular weight excluding hydrogens is 144 g/mol. The van der Waals surface area contributed by atoms with E-state index >= 15 is 0 Å². The summed E-state index contributed by atoms with van der Waals surface area (Å²) in [7, 11) is 0. The molecule has 0 saturated carbocycles. The highest BCUT2D eigenvalue weighted by Crippen LogP contribution is 1.79. The minimum atomic E-state index is 0.561. The molecule has 0 unspecified atom stereocenters. The summed E-state index contributed by atoms with van der Waals surface area (Å²) in [6.07, 6.45) is 8.35. The molecule has 0 nitrogen and oxygen atoms in total. The van der Waals surface area contributed by atoms with Gasteiger partial charge in [-0.25, -0.2) is 0 Å². The van der Waals surface area contributed by atoms with Crippen LogP contribution in [0.1, 0.15) is 13.3 Å². The molecule has 0 heterocycles. The van der Waals surface area contributed by atoms with Gasteiger partial charge in [-0.05, 0) is 6.08 Å². The average molecular weight is 155 g/mol. The van der Waals surface area contributed by atoms with E-state index in [1.807, 2.05) is 31.2 Å². The van der Waals surface area contributed by atoms with Crippen LogP contribution in [0.25, 0.3) is 0 Å². The van der Waals surface area contributed by atoms with Crippen molar-refractivity contribution in [1.82, 2.24) is 0 Å². The van der Waals surface area contributed by atoms with E-state index in [-0.39, 0.29) is 0 Å². The Morgan fingerprint density at radius 1 is 1.40 bits per heavy atom. The topological polar surface area (TPSA) is 0 Å². The Labute approximate surface area is 67.6 Å². The highest BCUT2D eigenvalue weighted by atomic mass is 35.5. The van der Waals surface area contributed by atoms with Gasteiger partial charge >= 0.3 is 0 Å². The molecule has 0 atom stereocenters. The van der Waals surface area contributed by atoms with Crippen molar-refractivity contribution in [2.75, 3.05) is 5.88 Å². The molecule has 0 aliphatic carbocycles. The lowest BCUT2D eigenvalue weighted by molar-refractivity contribution is 1.28. The molecule has 0 aromatic carbocycles. The molecule has 0 fully saturated rings.